The molecule has 0 aliphatic rings. The first kappa shape index (κ1) is 12.8. The van der Waals surface area contributed by atoms with E-state index < -0.39 is 0 Å². The number of aromatic nitrogens is 2. The molecule has 96 valence electrons. The van der Waals surface area contributed by atoms with Gasteiger partial charge in [0, 0.05) is 11.7 Å². The fraction of sp³-hybridized carbons (Fsp3) is 0.400. The van der Waals surface area contributed by atoms with E-state index in [0.29, 0.717) is 0 Å². The van der Waals surface area contributed by atoms with Gasteiger partial charge in [-0.05, 0) is 44.4 Å². The summed E-state index contributed by atoms with van der Waals surface area (Å²) in [6, 6.07) is 10.7. The molecule has 18 heavy (non-hydrogen) atoms. The lowest BCUT2D eigenvalue weighted by Gasteiger charge is -2.14. The minimum atomic E-state index is 0.211. The van der Waals surface area contributed by atoms with Crippen LogP contribution in [0.3, 0.4) is 0 Å². The first-order valence-corrected chi connectivity index (χ1v) is 6.49. The molecule has 0 saturated carbocycles. The van der Waals surface area contributed by atoms with Gasteiger partial charge in [-0.2, -0.15) is 5.10 Å². The van der Waals surface area contributed by atoms with E-state index >= 15 is 0 Å². The van der Waals surface area contributed by atoms with Crippen molar-refractivity contribution in [2.75, 3.05) is 0 Å². The largest absolute Gasteiger partial charge is 0.327 e. The van der Waals surface area contributed by atoms with Crippen LogP contribution in [0.2, 0.25) is 0 Å². The quantitative estimate of drug-likeness (QED) is 0.897. The Balaban J connectivity index is 2.41. The summed E-state index contributed by atoms with van der Waals surface area (Å²) >= 11 is 0. The van der Waals surface area contributed by atoms with Gasteiger partial charge in [0.1, 0.15) is 0 Å². The van der Waals surface area contributed by atoms with Crippen LogP contribution in [0, 0.1) is 13.8 Å². The molecule has 0 saturated heterocycles. The van der Waals surface area contributed by atoms with Crippen molar-refractivity contribution in [3.8, 4) is 5.69 Å². The van der Waals surface area contributed by atoms with E-state index in [1.54, 1.807) is 0 Å². The minimum absolute atomic E-state index is 0.211. The Bertz CT molecular complexity index is 528. The molecule has 0 radical (unpaired) electrons. The molecule has 1 heterocycles. The smallest absolute Gasteiger partial charge is 0.0681 e. The summed E-state index contributed by atoms with van der Waals surface area (Å²) in [4.78, 5) is 0. The van der Waals surface area contributed by atoms with Gasteiger partial charge in [-0.15, -0.1) is 0 Å². The zero-order valence-corrected chi connectivity index (χ0v) is 11.4. The Morgan fingerprint density at radius 3 is 2.61 bits per heavy atom. The molecule has 0 amide bonds. The Kier molecular flexibility index (Phi) is 3.82. The van der Waals surface area contributed by atoms with E-state index in [1.165, 1.54) is 5.56 Å². The average Bonchev–Trinajstić information content (AvgIpc) is 2.69. The molecule has 1 unspecified atom stereocenters. The van der Waals surface area contributed by atoms with Crippen molar-refractivity contribution in [3.05, 3.63) is 47.3 Å². The summed E-state index contributed by atoms with van der Waals surface area (Å²) < 4.78 is 2.01. The maximum atomic E-state index is 6.07. The van der Waals surface area contributed by atoms with Crippen LogP contribution in [-0.2, 0) is 6.42 Å². The second-order valence-electron chi connectivity index (χ2n) is 4.84. The molecule has 0 spiro atoms. The first-order chi connectivity index (χ1) is 8.61. The molecule has 0 aliphatic heterocycles. The lowest BCUT2D eigenvalue weighted by molar-refractivity contribution is 0.641. The van der Waals surface area contributed by atoms with Crippen LogP contribution in [0.5, 0.6) is 0 Å². The van der Waals surface area contributed by atoms with Crippen LogP contribution in [0.25, 0.3) is 5.69 Å². The predicted molar refractivity (Wildman–Crippen MR) is 75.0 cm³/mol. The maximum Gasteiger partial charge on any atom is 0.0681 e. The average molecular weight is 243 g/mol. The first-order valence-electron chi connectivity index (χ1n) is 6.49. The summed E-state index contributed by atoms with van der Waals surface area (Å²) in [7, 11) is 0. The van der Waals surface area contributed by atoms with Crippen molar-refractivity contribution in [2.45, 2.75) is 39.7 Å². The fourth-order valence-electron chi connectivity index (χ4n) is 2.19. The zero-order valence-electron chi connectivity index (χ0n) is 11.4. The van der Waals surface area contributed by atoms with Crippen LogP contribution in [-0.4, -0.2) is 15.8 Å². The number of hydrogen-bond donors (Lipinski definition) is 1. The van der Waals surface area contributed by atoms with Crippen LogP contribution in [0.15, 0.2) is 30.3 Å². The monoisotopic (exact) mass is 243 g/mol. The van der Waals surface area contributed by atoms with Gasteiger partial charge in [-0.3, -0.25) is 0 Å². The van der Waals surface area contributed by atoms with Gasteiger partial charge >= 0.3 is 0 Å². The van der Waals surface area contributed by atoms with Crippen LogP contribution < -0.4 is 5.73 Å². The number of rotatable bonds is 4. The molecule has 0 fully saturated rings. The van der Waals surface area contributed by atoms with E-state index in [9.17, 15) is 0 Å². The van der Waals surface area contributed by atoms with Gasteiger partial charge in [0.2, 0.25) is 0 Å². The standard InChI is InChI=1S/C15H21N3/c1-4-14(16)10-13-7-5-6-8-15(13)18-12(3)9-11(2)17-18/h5-9,14H,4,10,16H2,1-3H3. The van der Waals surface area contributed by atoms with E-state index in [0.717, 1.165) is 29.9 Å². The van der Waals surface area contributed by atoms with Gasteiger partial charge < -0.3 is 5.73 Å². The number of benzene rings is 1. The van der Waals surface area contributed by atoms with E-state index in [4.69, 9.17) is 5.73 Å². The van der Waals surface area contributed by atoms with Crippen molar-refractivity contribution >= 4 is 0 Å². The van der Waals surface area contributed by atoms with Crippen LogP contribution >= 0.6 is 0 Å². The lowest BCUT2D eigenvalue weighted by Crippen LogP contribution is -2.22. The highest BCUT2D eigenvalue weighted by molar-refractivity contribution is 5.42. The SMILES string of the molecule is CCC(N)Cc1ccccc1-n1nc(C)cc1C. The van der Waals surface area contributed by atoms with Gasteiger partial charge in [-0.1, -0.05) is 25.1 Å². The molecule has 1 atom stereocenters. The molecule has 3 heteroatoms. The molecule has 2 aromatic rings. The van der Waals surface area contributed by atoms with Gasteiger partial charge in [0.15, 0.2) is 0 Å². The molecule has 1 aromatic carbocycles. The molecule has 3 nitrogen and oxygen atoms in total. The summed E-state index contributed by atoms with van der Waals surface area (Å²) in [5.41, 5.74) is 10.7. The highest BCUT2D eigenvalue weighted by Gasteiger charge is 2.10. The maximum absolute atomic E-state index is 6.07. The third-order valence-corrected chi connectivity index (χ3v) is 3.24. The third kappa shape index (κ3) is 2.62. The Morgan fingerprint density at radius 1 is 1.28 bits per heavy atom. The van der Waals surface area contributed by atoms with E-state index in [2.05, 4.69) is 43.2 Å². The number of aryl methyl sites for hydroxylation is 2. The molecule has 0 bridgehead atoms. The summed E-state index contributed by atoms with van der Waals surface area (Å²) in [6.45, 7) is 6.22. The summed E-state index contributed by atoms with van der Waals surface area (Å²) in [5, 5.41) is 4.55. The van der Waals surface area contributed by atoms with E-state index in [1.807, 2.05) is 17.7 Å². The lowest BCUT2D eigenvalue weighted by atomic mass is 10.0. The second kappa shape index (κ2) is 5.36. The fourth-order valence-corrected chi connectivity index (χ4v) is 2.19. The molecular formula is C15H21N3. The summed E-state index contributed by atoms with van der Waals surface area (Å²) in [6.07, 6.45) is 1.89. The molecule has 1 aromatic heterocycles. The number of nitrogens with zero attached hydrogens (tertiary/aromatic N) is 2. The minimum Gasteiger partial charge on any atom is -0.327 e. The Hall–Kier alpha value is -1.61. The number of para-hydroxylation sites is 1. The normalized spacial score (nSPS) is 12.7. The van der Waals surface area contributed by atoms with Crippen molar-refractivity contribution in [1.29, 1.82) is 0 Å². The number of hydrogen-bond acceptors (Lipinski definition) is 2. The highest BCUT2D eigenvalue weighted by atomic mass is 15.3. The molecule has 2 N–H and O–H groups in total. The van der Waals surface area contributed by atoms with Gasteiger partial charge in [-0.25, -0.2) is 4.68 Å². The summed E-state index contributed by atoms with van der Waals surface area (Å²) in [5.74, 6) is 0. The molecule has 2 rings (SSSR count). The van der Waals surface area contributed by atoms with Crippen molar-refractivity contribution in [3.63, 3.8) is 0 Å². The Morgan fingerprint density at radius 2 is 2.00 bits per heavy atom. The van der Waals surface area contributed by atoms with Crippen LogP contribution in [0.1, 0.15) is 30.3 Å². The van der Waals surface area contributed by atoms with Gasteiger partial charge in [0.25, 0.3) is 0 Å². The molecular weight excluding hydrogens is 222 g/mol. The third-order valence-electron chi connectivity index (χ3n) is 3.24. The Labute approximate surface area is 109 Å². The topological polar surface area (TPSA) is 43.8 Å². The van der Waals surface area contributed by atoms with Crippen molar-refractivity contribution in [2.24, 2.45) is 5.73 Å². The highest BCUT2D eigenvalue weighted by Crippen LogP contribution is 2.18. The molecule has 0 aliphatic carbocycles. The van der Waals surface area contributed by atoms with Crippen molar-refractivity contribution < 1.29 is 0 Å². The zero-order chi connectivity index (χ0) is 13.1. The van der Waals surface area contributed by atoms with E-state index in [-0.39, 0.29) is 6.04 Å². The number of nitrogens with two attached hydrogens (primary N) is 1. The second-order valence-corrected chi connectivity index (χ2v) is 4.84. The predicted octanol–water partition coefficient (Wildman–Crippen LogP) is 2.77. The van der Waals surface area contributed by atoms with Crippen molar-refractivity contribution in [1.82, 2.24) is 9.78 Å². The van der Waals surface area contributed by atoms with Gasteiger partial charge in [0.05, 0.1) is 11.4 Å². The van der Waals surface area contributed by atoms with Crippen LogP contribution in [0.4, 0.5) is 0 Å².